The molecule has 118 valence electrons. The lowest BCUT2D eigenvalue weighted by Crippen LogP contribution is -2.46. The van der Waals surface area contributed by atoms with Crippen LogP contribution in [-0.2, 0) is 14.8 Å². The summed E-state index contributed by atoms with van der Waals surface area (Å²) in [5, 5.41) is 2.52. The Morgan fingerprint density at radius 1 is 1.35 bits per heavy atom. The number of sulfonamides is 1. The van der Waals surface area contributed by atoms with Crippen LogP contribution in [-0.4, -0.2) is 38.6 Å². The summed E-state index contributed by atoms with van der Waals surface area (Å²) in [4.78, 5) is 11.5. The van der Waals surface area contributed by atoms with Crippen molar-refractivity contribution < 1.29 is 22.0 Å². The summed E-state index contributed by atoms with van der Waals surface area (Å²) in [6.45, 7) is 3.61. The van der Waals surface area contributed by atoms with Crippen molar-refractivity contribution in [3.05, 3.63) is 0 Å². The third-order valence-electron chi connectivity index (χ3n) is 3.39. The zero-order chi connectivity index (χ0) is 15.4. The quantitative estimate of drug-likeness (QED) is 0.775. The Kier molecular flexibility index (Phi) is 5.88. The maximum absolute atomic E-state index is 13.0. The fourth-order valence-electron chi connectivity index (χ4n) is 2.28. The minimum atomic E-state index is -3.64. The summed E-state index contributed by atoms with van der Waals surface area (Å²) in [7, 11) is -3.64. The molecule has 1 aliphatic carbocycles. The van der Waals surface area contributed by atoms with E-state index in [4.69, 9.17) is 0 Å². The molecule has 1 saturated carbocycles. The van der Waals surface area contributed by atoms with Crippen molar-refractivity contribution in [3.63, 3.8) is 0 Å². The highest BCUT2D eigenvalue weighted by atomic mass is 32.2. The Morgan fingerprint density at radius 2 is 1.90 bits per heavy atom. The van der Waals surface area contributed by atoms with Gasteiger partial charge in [-0.3, -0.25) is 4.79 Å². The molecule has 2 N–H and O–H groups in total. The smallest absolute Gasteiger partial charge is 0.248 e. The van der Waals surface area contributed by atoms with Gasteiger partial charge in [0.2, 0.25) is 21.9 Å². The van der Waals surface area contributed by atoms with Gasteiger partial charge in [0, 0.05) is 19.4 Å². The van der Waals surface area contributed by atoms with E-state index >= 15 is 0 Å². The molecule has 0 unspecified atom stereocenters. The number of carbonyl (C=O) groups excluding carboxylic acids is 1. The standard InChI is InChI=1S/C12H22F2N2O3S/c1-3-15-11(17)9(2)16-20(18,19)8-10-4-6-12(13,14)7-5-10/h9-10,16H,3-8H2,1-2H3,(H,15,17)/t9-/m1/s1. The molecule has 0 aromatic carbocycles. The first-order chi connectivity index (χ1) is 9.15. The predicted molar refractivity (Wildman–Crippen MR) is 72.0 cm³/mol. The molecule has 1 atom stereocenters. The van der Waals surface area contributed by atoms with Crippen LogP contribution in [0.1, 0.15) is 39.5 Å². The van der Waals surface area contributed by atoms with Gasteiger partial charge >= 0.3 is 0 Å². The number of amides is 1. The van der Waals surface area contributed by atoms with Crippen molar-refractivity contribution in [2.24, 2.45) is 5.92 Å². The lowest BCUT2D eigenvalue weighted by Gasteiger charge is -2.28. The first kappa shape index (κ1) is 17.3. The maximum Gasteiger partial charge on any atom is 0.248 e. The highest BCUT2D eigenvalue weighted by Gasteiger charge is 2.36. The second kappa shape index (κ2) is 6.80. The van der Waals surface area contributed by atoms with Crippen molar-refractivity contribution in [2.45, 2.75) is 51.5 Å². The molecule has 0 heterocycles. The van der Waals surface area contributed by atoms with Crippen molar-refractivity contribution >= 4 is 15.9 Å². The van der Waals surface area contributed by atoms with Crippen LogP contribution < -0.4 is 10.0 Å². The maximum atomic E-state index is 13.0. The minimum absolute atomic E-state index is 0.198. The Morgan fingerprint density at radius 3 is 2.40 bits per heavy atom. The van der Waals surface area contributed by atoms with Gasteiger partial charge in [-0.25, -0.2) is 21.9 Å². The monoisotopic (exact) mass is 312 g/mol. The van der Waals surface area contributed by atoms with Crippen molar-refractivity contribution in [3.8, 4) is 0 Å². The summed E-state index contributed by atoms with van der Waals surface area (Å²) < 4.78 is 52.1. The molecule has 0 saturated heterocycles. The molecule has 0 spiro atoms. The van der Waals surface area contributed by atoms with Crippen LogP contribution in [0.2, 0.25) is 0 Å². The minimum Gasteiger partial charge on any atom is -0.355 e. The normalized spacial score (nSPS) is 21.4. The molecule has 20 heavy (non-hydrogen) atoms. The van der Waals surface area contributed by atoms with Crippen LogP contribution in [0.4, 0.5) is 8.78 Å². The molecule has 0 bridgehead atoms. The molecule has 0 aromatic rings. The average Bonchev–Trinajstić information content (AvgIpc) is 2.31. The number of likely N-dealkylation sites (N-methyl/N-ethyl adjacent to an activating group) is 1. The fourth-order valence-corrected chi connectivity index (χ4v) is 3.97. The zero-order valence-electron chi connectivity index (χ0n) is 11.8. The van der Waals surface area contributed by atoms with E-state index in [9.17, 15) is 22.0 Å². The Bertz CT molecular complexity index is 430. The van der Waals surface area contributed by atoms with Crippen LogP contribution in [0.15, 0.2) is 0 Å². The third-order valence-corrected chi connectivity index (χ3v) is 5.02. The van der Waals surface area contributed by atoms with Gasteiger partial charge in [-0.1, -0.05) is 0 Å². The van der Waals surface area contributed by atoms with Gasteiger partial charge in [-0.2, -0.15) is 0 Å². The fraction of sp³-hybridized carbons (Fsp3) is 0.917. The molecule has 1 fully saturated rings. The van der Waals surface area contributed by atoms with Gasteiger partial charge in [-0.15, -0.1) is 0 Å². The van der Waals surface area contributed by atoms with E-state index in [2.05, 4.69) is 10.0 Å². The highest BCUT2D eigenvalue weighted by molar-refractivity contribution is 7.89. The first-order valence-electron chi connectivity index (χ1n) is 6.81. The molecule has 1 rings (SSSR count). The molecule has 5 nitrogen and oxygen atoms in total. The zero-order valence-corrected chi connectivity index (χ0v) is 12.6. The second-order valence-electron chi connectivity index (χ2n) is 5.31. The number of nitrogens with one attached hydrogen (secondary N) is 2. The van der Waals surface area contributed by atoms with E-state index in [-0.39, 0.29) is 37.4 Å². The molecule has 0 aromatic heterocycles. The van der Waals surface area contributed by atoms with E-state index in [1.165, 1.54) is 6.92 Å². The largest absolute Gasteiger partial charge is 0.355 e. The highest BCUT2D eigenvalue weighted by Crippen LogP contribution is 2.36. The van der Waals surface area contributed by atoms with Crippen molar-refractivity contribution in [2.75, 3.05) is 12.3 Å². The van der Waals surface area contributed by atoms with Gasteiger partial charge in [-0.05, 0) is 32.6 Å². The lowest BCUT2D eigenvalue weighted by molar-refractivity contribution is -0.122. The number of alkyl halides is 2. The van der Waals surface area contributed by atoms with Gasteiger partial charge in [0.15, 0.2) is 0 Å². The van der Waals surface area contributed by atoms with Crippen LogP contribution >= 0.6 is 0 Å². The number of halogens is 2. The van der Waals surface area contributed by atoms with Gasteiger partial charge < -0.3 is 5.32 Å². The van der Waals surface area contributed by atoms with E-state index in [0.29, 0.717) is 6.54 Å². The summed E-state index contributed by atoms with van der Waals surface area (Å²) in [6.07, 6.45) is -0.134. The van der Waals surface area contributed by atoms with E-state index in [1.54, 1.807) is 6.92 Å². The lowest BCUT2D eigenvalue weighted by atomic mass is 9.88. The van der Waals surface area contributed by atoms with Gasteiger partial charge in [0.1, 0.15) is 0 Å². The van der Waals surface area contributed by atoms with Gasteiger partial charge in [0.25, 0.3) is 0 Å². The average molecular weight is 312 g/mol. The van der Waals surface area contributed by atoms with Crippen LogP contribution in [0.3, 0.4) is 0 Å². The predicted octanol–water partition coefficient (Wildman–Crippen LogP) is 1.26. The summed E-state index contributed by atoms with van der Waals surface area (Å²) in [6, 6.07) is -0.856. The second-order valence-corrected chi connectivity index (χ2v) is 7.11. The Balaban J connectivity index is 2.48. The van der Waals surface area contributed by atoms with E-state index < -0.39 is 27.9 Å². The number of hydrogen-bond donors (Lipinski definition) is 2. The summed E-state index contributed by atoms with van der Waals surface area (Å²) >= 11 is 0. The SMILES string of the molecule is CCNC(=O)[C@@H](C)NS(=O)(=O)CC1CCC(F)(F)CC1. The van der Waals surface area contributed by atoms with Crippen LogP contribution in [0.5, 0.6) is 0 Å². The van der Waals surface area contributed by atoms with E-state index in [1.807, 2.05) is 0 Å². The molecule has 8 heteroatoms. The molecule has 0 aliphatic heterocycles. The van der Waals surface area contributed by atoms with Crippen molar-refractivity contribution in [1.82, 2.24) is 10.0 Å². The van der Waals surface area contributed by atoms with Crippen LogP contribution in [0, 0.1) is 5.92 Å². The topological polar surface area (TPSA) is 75.3 Å². The number of rotatable bonds is 6. The third kappa shape index (κ3) is 5.70. The summed E-state index contributed by atoms with van der Waals surface area (Å²) in [5.41, 5.74) is 0. The molecule has 1 amide bonds. The first-order valence-corrected chi connectivity index (χ1v) is 8.46. The Labute approximate surface area is 118 Å². The molecular weight excluding hydrogens is 290 g/mol. The molecule has 1 aliphatic rings. The van der Waals surface area contributed by atoms with Crippen molar-refractivity contribution in [1.29, 1.82) is 0 Å². The number of carbonyl (C=O) groups is 1. The molecular formula is C12H22F2N2O3S. The number of hydrogen-bond acceptors (Lipinski definition) is 3. The van der Waals surface area contributed by atoms with Crippen LogP contribution in [0.25, 0.3) is 0 Å². The summed E-state index contributed by atoms with van der Waals surface area (Å²) in [5.74, 6) is -3.53. The molecule has 0 radical (unpaired) electrons. The Hall–Kier alpha value is -0.760. The van der Waals surface area contributed by atoms with Gasteiger partial charge in [0.05, 0.1) is 11.8 Å². The van der Waals surface area contributed by atoms with E-state index in [0.717, 1.165) is 0 Å².